The van der Waals surface area contributed by atoms with Gasteiger partial charge >= 0.3 is 0 Å². The second kappa shape index (κ2) is 8.86. The maximum absolute atomic E-state index is 13.0. The van der Waals surface area contributed by atoms with E-state index in [9.17, 15) is 9.18 Å². The Labute approximate surface area is 168 Å². The number of hydrogen-bond donors (Lipinski definition) is 0. The van der Waals surface area contributed by atoms with Crippen LogP contribution < -0.4 is 4.74 Å². The number of oxazole rings is 1. The molecule has 150 valence electrons. The molecule has 0 spiro atoms. The SMILES string of the molecule is O=C(COc1cccnc1)N1CCC[C@@H](c2ncc(Cc3ccc(F)cc3)o2)C1. The Hall–Kier alpha value is -3.22. The maximum atomic E-state index is 13.0. The van der Waals surface area contributed by atoms with Gasteiger partial charge in [-0.3, -0.25) is 9.78 Å². The van der Waals surface area contributed by atoms with Gasteiger partial charge in [-0.25, -0.2) is 9.37 Å². The third-order valence-corrected chi connectivity index (χ3v) is 4.98. The smallest absolute Gasteiger partial charge is 0.260 e. The largest absolute Gasteiger partial charge is 0.482 e. The molecule has 1 atom stereocenters. The molecule has 0 unspecified atom stereocenters. The summed E-state index contributed by atoms with van der Waals surface area (Å²) in [5, 5.41) is 0. The topological polar surface area (TPSA) is 68.5 Å². The van der Waals surface area contributed by atoms with Gasteiger partial charge in [-0.15, -0.1) is 0 Å². The predicted octanol–water partition coefficient (Wildman–Crippen LogP) is 3.58. The number of carbonyl (C=O) groups excluding carboxylic acids is 1. The number of nitrogens with zero attached hydrogens (tertiary/aromatic N) is 3. The van der Waals surface area contributed by atoms with Gasteiger partial charge in [0.1, 0.15) is 17.3 Å². The number of ether oxygens (including phenoxy) is 1. The monoisotopic (exact) mass is 395 g/mol. The second-order valence-corrected chi connectivity index (χ2v) is 7.12. The molecule has 0 bridgehead atoms. The first kappa shape index (κ1) is 19.1. The molecule has 1 aromatic carbocycles. The van der Waals surface area contributed by atoms with Gasteiger partial charge < -0.3 is 14.1 Å². The summed E-state index contributed by atoms with van der Waals surface area (Å²) < 4.78 is 24.5. The first-order chi connectivity index (χ1) is 14.2. The molecule has 4 rings (SSSR count). The van der Waals surface area contributed by atoms with Crippen molar-refractivity contribution >= 4 is 5.91 Å². The lowest BCUT2D eigenvalue weighted by molar-refractivity contribution is -0.134. The molecule has 1 aliphatic heterocycles. The van der Waals surface area contributed by atoms with Crippen LogP contribution in [0.25, 0.3) is 0 Å². The Bertz CT molecular complexity index is 943. The molecule has 6 nitrogen and oxygen atoms in total. The number of rotatable bonds is 6. The number of piperidine rings is 1. The predicted molar refractivity (Wildman–Crippen MR) is 104 cm³/mol. The Morgan fingerprint density at radius 3 is 2.90 bits per heavy atom. The van der Waals surface area contributed by atoms with E-state index in [0.29, 0.717) is 31.2 Å². The van der Waals surface area contributed by atoms with Crippen molar-refractivity contribution in [3.05, 3.63) is 78.0 Å². The van der Waals surface area contributed by atoms with Crippen molar-refractivity contribution in [1.82, 2.24) is 14.9 Å². The van der Waals surface area contributed by atoms with Gasteiger partial charge in [-0.05, 0) is 42.7 Å². The van der Waals surface area contributed by atoms with Crippen LogP contribution in [0.3, 0.4) is 0 Å². The number of carbonyl (C=O) groups is 1. The van der Waals surface area contributed by atoms with Gasteiger partial charge in [0.05, 0.1) is 18.3 Å². The molecule has 1 fully saturated rings. The van der Waals surface area contributed by atoms with Crippen LogP contribution in [0.2, 0.25) is 0 Å². The molecule has 3 aromatic rings. The van der Waals surface area contributed by atoms with Crippen LogP contribution in [0.15, 0.2) is 59.4 Å². The zero-order valence-electron chi connectivity index (χ0n) is 16.0. The summed E-state index contributed by atoms with van der Waals surface area (Å²) in [5.41, 5.74) is 0.960. The number of aromatic nitrogens is 2. The summed E-state index contributed by atoms with van der Waals surface area (Å²) in [6.45, 7) is 1.25. The minimum absolute atomic E-state index is 0.0141. The van der Waals surface area contributed by atoms with Crippen LogP contribution in [-0.2, 0) is 11.2 Å². The molecule has 7 heteroatoms. The van der Waals surface area contributed by atoms with Gasteiger partial charge in [0.15, 0.2) is 12.5 Å². The molecular formula is C22H22FN3O3. The summed E-state index contributed by atoms with van der Waals surface area (Å²) in [4.78, 5) is 22.7. The van der Waals surface area contributed by atoms with Crippen molar-refractivity contribution in [3.63, 3.8) is 0 Å². The standard InChI is InChI=1S/C22H22FN3O3/c23-18-7-5-16(6-8-18)11-20-13-25-22(29-20)17-3-2-10-26(14-17)21(27)15-28-19-4-1-9-24-12-19/h1,4-9,12-13,17H,2-3,10-11,14-15H2/t17-/m1/s1. The molecule has 3 heterocycles. The van der Waals surface area contributed by atoms with Gasteiger partial charge in [0, 0.05) is 25.7 Å². The van der Waals surface area contributed by atoms with Crippen LogP contribution in [0.5, 0.6) is 5.75 Å². The summed E-state index contributed by atoms with van der Waals surface area (Å²) in [6.07, 6.45) is 7.32. The van der Waals surface area contributed by atoms with Crippen molar-refractivity contribution < 1.29 is 18.3 Å². The van der Waals surface area contributed by atoms with E-state index in [4.69, 9.17) is 9.15 Å². The highest BCUT2D eigenvalue weighted by Gasteiger charge is 2.28. The Morgan fingerprint density at radius 2 is 2.10 bits per heavy atom. The van der Waals surface area contributed by atoms with Crippen LogP contribution in [0.1, 0.15) is 36.0 Å². The quantitative estimate of drug-likeness (QED) is 0.638. The van der Waals surface area contributed by atoms with Crippen LogP contribution in [0, 0.1) is 5.82 Å². The van der Waals surface area contributed by atoms with E-state index >= 15 is 0 Å². The highest BCUT2D eigenvalue weighted by molar-refractivity contribution is 5.78. The molecule has 1 saturated heterocycles. The van der Waals surface area contributed by atoms with Crippen LogP contribution in [0.4, 0.5) is 4.39 Å². The third kappa shape index (κ3) is 4.99. The van der Waals surface area contributed by atoms with Crippen molar-refractivity contribution in [3.8, 4) is 5.75 Å². The lowest BCUT2D eigenvalue weighted by atomic mass is 9.98. The average molecular weight is 395 g/mol. The Morgan fingerprint density at radius 1 is 1.24 bits per heavy atom. The van der Waals surface area contributed by atoms with Crippen LogP contribution >= 0.6 is 0 Å². The number of benzene rings is 1. The highest BCUT2D eigenvalue weighted by Crippen LogP contribution is 2.27. The molecule has 1 aliphatic rings. The third-order valence-electron chi connectivity index (χ3n) is 4.98. The van der Waals surface area contributed by atoms with E-state index in [0.717, 1.165) is 24.2 Å². The number of amides is 1. The van der Waals surface area contributed by atoms with E-state index in [-0.39, 0.29) is 24.2 Å². The molecule has 1 amide bonds. The molecule has 0 saturated carbocycles. The van der Waals surface area contributed by atoms with E-state index in [1.54, 1.807) is 47.8 Å². The van der Waals surface area contributed by atoms with E-state index in [2.05, 4.69) is 9.97 Å². The van der Waals surface area contributed by atoms with Crippen molar-refractivity contribution in [2.45, 2.75) is 25.2 Å². The van der Waals surface area contributed by atoms with Gasteiger partial charge in [0.25, 0.3) is 5.91 Å². The van der Waals surface area contributed by atoms with Gasteiger partial charge in [-0.1, -0.05) is 12.1 Å². The van der Waals surface area contributed by atoms with Crippen molar-refractivity contribution in [2.24, 2.45) is 0 Å². The fraction of sp³-hybridized carbons (Fsp3) is 0.318. The molecule has 0 aliphatic carbocycles. The van der Waals surface area contributed by atoms with Crippen molar-refractivity contribution in [2.75, 3.05) is 19.7 Å². The fourth-order valence-electron chi connectivity index (χ4n) is 3.47. The Balaban J connectivity index is 1.34. The van der Waals surface area contributed by atoms with E-state index in [1.807, 2.05) is 0 Å². The number of pyridine rings is 1. The summed E-state index contributed by atoms with van der Waals surface area (Å²) in [6, 6.07) is 9.88. The highest BCUT2D eigenvalue weighted by atomic mass is 19.1. The molecule has 2 aromatic heterocycles. The van der Waals surface area contributed by atoms with E-state index in [1.165, 1.54) is 12.1 Å². The summed E-state index contributed by atoms with van der Waals surface area (Å²) in [7, 11) is 0. The number of hydrogen-bond acceptors (Lipinski definition) is 5. The number of halogens is 1. The summed E-state index contributed by atoms with van der Waals surface area (Å²) in [5.74, 6) is 1.70. The second-order valence-electron chi connectivity index (χ2n) is 7.12. The Kier molecular flexibility index (Phi) is 5.84. The first-order valence-electron chi connectivity index (χ1n) is 9.67. The lowest BCUT2D eigenvalue weighted by Crippen LogP contribution is -2.41. The molecular weight excluding hydrogens is 373 g/mol. The zero-order chi connectivity index (χ0) is 20.1. The van der Waals surface area contributed by atoms with Gasteiger partial charge in [0.2, 0.25) is 0 Å². The molecule has 0 N–H and O–H groups in total. The molecule has 29 heavy (non-hydrogen) atoms. The van der Waals surface area contributed by atoms with E-state index < -0.39 is 0 Å². The minimum atomic E-state index is -0.258. The summed E-state index contributed by atoms with van der Waals surface area (Å²) >= 11 is 0. The first-order valence-corrected chi connectivity index (χ1v) is 9.67. The minimum Gasteiger partial charge on any atom is -0.482 e. The number of likely N-dealkylation sites (tertiary alicyclic amines) is 1. The van der Waals surface area contributed by atoms with Gasteiger partial charge in [-0.2, -0.15) is 0 Å². The van der Waals surface area contributed by atoms with Crippen molar-refractivity contribution in [1.29, 1.82) is 0 Å². The molecule has 0 radical (unpaired) electrons. The fourth-order valence-corrected chi connectivity index (χ4v) is 3.47. The maximum Gasteiger partial charge on any atom is 0.260 e. The zero-order valence-corrected chi connectivity index (χ0v) is 16.0. The normalized spacial score (nSPS) is 16.6. The lowest BCUT2D eigenvalue weighted by Gasteiger charge is -2.31. The van der Waals surface area contributed by atoms with Crippen LogP contribution in [-0.4, -0.2) is 40.5 Å². The average Bonchev–Trinajstić information content (AvgIpc) is 3.23.